The van der Waals surface area contributed by atoms with Crippen molar-refractivity contribution in [3.05, 3.63) is 78.1 Å². The number of unbranched alkanes of at least 4 members (excludes halogenated alkanes) is 1. The maximum absolute atomic E-state index is 12.0. The first-order valence-electron chi connectivity index (χ1n) is 9.99. The minimum Gasteiger partial charge on any atom is -0.497 e. The molecule has 0 saturated carbocycles. The summed E-state index contributed by atoms with van der Waals surface area (Å²) in [6.45, 7) is 3.59. The molecule has 5 nitrogen and oxygen atoms in total. The number of aromatic nitrogens is 1. The number of hydrogen-bond acceptors (Lipinski definition) is 4. The molecule has 1 amide bonds. The number of nitrogens with one attached hydrogen (secondary N) is 1. The third-order valence-corrected chi connectivity index (χ3v) is 4.34. The molecular weight excluding hydrogens is 364 g/mol. The highest BCUT2D eigenvalue weighted by atomic mass is 16.5. The predicted octanol–water partition coefficient (Wildman–Crippen LogP) is 4.55. The summed E-state index contributed by atoms with van der Waals surface area (Å²) in [5, 5.41) is 2.83. The molecule has 0 spiro atoms. The van der Waals surface area contributed by atoms with E-state index in [1.165, 1.54) is 5.57 Å². The first kappa shape index (κ1) is 22.4. The van der Waals surface area contributed by atoms with E-state index in [9.17, 15) is 4.79 Å². The van der Waals surface area contributed by atoms with E-state index in [1.807, 2.05) is 42.5 Å². The van der Waals surface area contributed by atoms with E-state index in [4.69, 9.17) is 9.47 Å². The molecule has 1 N–H and O–H groups in total. The Morgan fingerprint density at radius 3 is 2.72 bits per heavy atom. The number of carbonyl (C=O) groups excluding carboxylic acids is 1. The van der Waals surface area contributed by atoms with Crippen LogP contribution in [0.3, 0.4) is 0 Å². The summed E-state index contributed by atoms with van der Waals surface area (Å²) in [4.78, 5) is 16.0. The van der Waals surface area contributed by atoms with Gasteiger partial charge in [-0.25, -0.2) is 0 Å². The third kappa shape index (κ3) is 8.75. The Balaban J connectivity index is 1.79. The average Bonchev–Trinajstić information content (AvgIpc) is 2.76. The minimum absolute atomic E-state index is 0.129. The number of benzene rings is 1. The van der Waals surface area contributed by atoms with Crippen molar-refractivity contribution in [3.8, 4) is 5.75 Å². The molecule has 0 radical (unpaired) electrons. The summed E-state index contributed by atoms with van der Waals surface area (Å²) >= 11 is 0. The average molecular weight is 395 g/mol. The van der Waals surface area contributed by atoms with Crippen LogP contribution in [-0.2, 0) is 16.1 Å². The van der Waals surface area contributed by atoms with Gasteiger partial charge in [-0.2, -0.15) is 0 Å². The number of amides is 1. The van der Waals surface area contributed by atoms with Gasteiger partial charge in [0.1, 0.15) is 5.75 Å². The first-order chi connectivity index (χ1) is 14.2. The molecule has 5 heteroatoms. The van der Waals surface area contributed by atoms with E-state index < -0.39 is 0 Å². The Kier molecular flexibility index (Phi) is 10.3. The quantitative estimate of drug-likeness (QED) is 0.326. The Bertz CT molecular complexity index is 784. The van der Waals surface area contributed by atoms with E-state index in [0.717, 1.165) is 36.1 Å². The van der Waals surface area contributed by atoms with Crippen LogP contribution in [0.15, 0.2) is 67.0 Å². The molecule has 0 saturated heterocycles. The van der Waals surface area contributed by atoms with Crippen LogP contribution in [-0.4, -0.2) is 31.2 Å². The van der Waals surface area contributed by atoms with Crippen LogP contribution in [0.25, 0.3) is 5.57 Å². The number of carbonyl (C=O) groups is 1. The van der Waals surface area contributed by atoms with Gasteiger partial charge in [0.15, 0.2) is 0 Å². The molecule has 0 aliphatic carbocycles. The van der Waals surface area contributed by atoms with Crippen LogP contribution in [0.4, 0.5) is 0 Å². The topological polar surface area (TPSA) is 60.5 Å². The highest BCUT2D eigenvalue weighted by Gasteiger charge is 2.02. The van der Waals surface area contributed by atoms with Gasteiger partial charge in [-0.15, -0.1) is 0 Å². The summed E-state index contributed by atoms with van der Waals surface area (Å²) in [5.74, 6) is 0.708. The zero-order valence-electron chi connectivity index (χ0n) is 17.3. The number of methoxy groups -OCH3 is 1. The molecule has 2 rings (SSSR count). The number of nitrogens with zero attached hydrogens (tertiary/aromatic N) is 1. The molecule has 0 atom stereocenters. The Hall–Kier alpha value is -2.92. The summed E-state index contributed by atoms with van der Waals surface area (Å²) in [7, 11) is 1.66. The largest absolute Gasteiger partial charge is 0.497 e. The Morgan fingerprint density at radius 2 is 2.03 bits per heavy atom. The monoisotopic (exact) mass is 394 g/mol. The Labute approximate surface area is 173 Å². The van der Waals surface area contributed by atoms with Gasteiger partial charge in [-0.3, -0.25) is 9.78 Å². The third-order valence-electron chi connectivity index (χ3n) is 4.34. The molecular formula is C24H30N2O3. The van der Waals surface area contributed by atoms with Gasteiger partial charge in [0.05, 0.1) is 20.3 Å². The van der Waals surface area contributed by atoms with Gasteiger partial charge in [-0.1, -0.05) is 43.7 Å². The summed E-state index contributed by atoms with van der Waals surface area (Å²) in [6, 6.07) is 11.8. The zero-order valence-corrected chi connectivity index (χ0v) is 17.3. The fourth-order valence-corrected chi connectivity index (χ4v) is 2.73. The molecule has 1 heterocycles. The van der Waals surface area contributed by atoms with Gasteiger partial charge >= 0.3 is 0 Å². The number of rotatable bonds is 12. The molecule has 0 aliphatic rings. The van der Waals surface area contributed by atoms with Crippen molar-refractivity contribution in [1.29, 1.82) is 0 Å². The number of allylic oxidation sites excluding steroid dienone is 3. The molecule has 0 fully saturated rings. The van der Waals surface area contributed by atoms with Crippen molar-refractivity contribution in [2.75, 3.05) is 20.3 Å². The second-order valence-electron chi connectivity index (χ2n) is 6.59. The molecule has 2 aromatic rings. The SMILES string of the molecule is CCCCC(=CC=CC(=O)NCCOCc1cccnc1)c1ccc(OC)cc1. The van der Waals surface area contributed by atoms with Crippen LogP contribution in [0, 0.1) is 0 Å². The zero-order chi connectivity index (χ0) is 20.7. The lowest BCUT2D eigenvalue weighted by molar-refractivity contribution is -0.116. The van der Waals surface area contributed by atoms with Crippen molar-refractivity contribution in [2.24, 2.45) is 0 Å². The van der Waals surface area contributed by atoms with Crippen LogP contribution in [0.5, 0.6) is 5.75 Å². The molecule has 0 bridgehead atoms. The van der Waals surface area contributed by atoms with Gasteiger partial charge in [-0.05, 0) is 47.7 Å². The van der Waals surface area contributed by atoms with Gasteiger partial charge in [0.25, 0.3) is 0 Å². The first-order valence-corrected chi connectivity index (χ1v) is 9.99. The lowest BCUT2D eigenvalue weighted by atomic mass is 9.99. The van der Waals surface area contributed by atoms with E-state index in [2.05, 4.69) is 17.2 Å². The van der Waals surface area contributed by atoms with Crippen LogP contribution >= 0.6 is 0 Å². The molecule has 29 heavy (non-hydrogen) atoms. The molecule has 0 aliphatic heterocycles. The second kappa shape index (κ2) is 13.3. The van der Waals surface area contributed by atoms with Crippen LogP contribution < -0.4 is 10.1 Å². The number of ether oxygens (including phenoxy) is 2. The molecule has 1 aromatic heterocycles. The van der Waals surface area contributed by atoms with Gasteiger partial charge in [0.2, 0.25) is 5.91 Å². The van der Waals surface area contributed by atoms with Crippen LogP contribution in [0.1, 0.15) is 37.3 Å². The van der Waals surface area contributed by atoms with Gasteiger partial charge in [0, 0.05) is 25.0 Å². The maximum Gasteiger partial charge on any atom is 0.244 e. The van der Waals surface area contributed by atoms with E-state index in [-0.39, 0.29) is 5.91 Å². The fourth-order valence-electron chi connectivity index (χ4n) is 2.73. The highest BCUT2D eigenvalue weighted by molar-refractivity contribution is 5.88. The summed E-state index contributed by atoms with van der Waals surface area (Å²) in [5.41, 5.74) is 3.37. The lowest BCUT2D eigenvalue weighted by Crippen LogP contribution is -2.25. The molecule has 154 valence electrons. The second-order valence-corrected chi connectivity index (χ2v) is 6.59. The fraction of sp³-hybridized carbons (Fsp3) is 0.333. The highest BCUT2D eigenvalue weighted by Crippen LogP contribution is 2.23. The predicted molar refractivity (Wildman–Crippen MR) is 117 cm³/mol. The number of hydrogen-bond donors (Lipinski definition) is 1. The summed E-state index contributed by atoms with van der Waals surface area (Å²) in [6.07, 6.45) is 12.1. The molecule has 0 unspecified atom stereocenters. The van der Waals surface area contributed by atoms with Crippen molar-refractivity contribution in [1.82, 2.24) is 10.3 Å². The minimum atomic E-state index is -0.129. The van der Waals surface area contributed by atoms with Crippen molar-refractivity contribution in [2.45, 2.75) is 32.8 Å². The summed E-state index contributed by atoms with van der Waals surface area (Å²) < 4.78 is 10.8. The van der Waals surface area contributed by atoms with Crippen LogP contribution in [0.2, 0.25) is 0 Å². The van der Waals surface area contributed by atoms with Crippen molar-refractivity contribution >= 4 is 11.5 Å². The van der Waals surface area contributed by atoms with Crippen molar-refractivity contribution in [3.63, 3.8) is 0 Å². The Morgan fingerprint density at radius 1 is 1.21 bits per heavy atom. The van der Waals surface area contributed by atoms with E-state index in [1.54, 1.807) is 31.7 Å². The standard InChI is InChI=1S/C24H30N2O3/c1-3-4-8-21(22-11-13-23(28-2)14-12-22)9-5-10-24(27)26-16-17-29-19-20-7-6-15-25-18-20/h5-7,9-15,18H,3-4,8,16-17,19H2,1-2H3,(H,26,27). The van der Waals surface area contributed by atoms with Gasteiger partial charge < -0.3 is 14.8 Å². The normalized spacial score (nSPS) is 11.6. The molecule has 1 aromatic carbocycles. The maximum atomic E-state index is 12.0. The van der Waals surface area contributed by atoms with Crippen molar-refractivity contribution < 1.29 is 14.3 Å². The number of pyridine rings is 1. The smallest absolute Gasteiger partial charge is 0.244 e. The lowest BCUT2D eigenvalue weighted by Gasteiger charge is -2.08. The van der Waals surface area contributed by atoms with E-state index >= 15 is 0 Å². The van der Waals surface area contributed by atoms with E-state index in [0.29, 0.717) is 19.8 Å².